The van der Waals surface area contributed by atoms with Crippen molar-refractivity contribution >= 4 is 34.2 Å². The minimum absolute atomic E-state index is 0.0983. The second-order valence-electron chi connectivity index (χ2n) is 3.26. The summed E-state index contributed by atoms with van der Waals surface area (Å²) >= 11 is 11.4. The number of ether oxygens (including phenoxy) is 1. The summed E-state index contributed by atoms with van der Waals surface area (Å²) in [6.07, 6.45) is -7.43. The molecule has 0 radical (unpaired) electrons. The third kappa shape index (κ3) is 2.20. The Labute approximate surface area is 108 Å². The minimum atomic E-state index is -4.68. The van der Waals surface area contributed by atoms with Crippen LogP contribution >= 0.6 is 23.2 Å². The van der Waals surface area contributed by atoms with Gasteiger partial charge in [0.1, 0.15) is 10.5 Å². The van der Waals surface area contributed by atoms with E-state index < -0.39 is 18.3 Å². The number of nitrogens with zero attached hydrogens (tertiary/aromatic N) is 1. The number of hydrogen-bond donors (Lipinski definition) is 1. The van der Waals surface area contributed by atoms with Crippen LogP contribution in [-0.4, -0.2) is 22.5 Å². The smallest absolute Gasteiger partial charge is 0.425 e. The molecule has 0 unspecified atom stereocenters. The molecule has 0 fully saturated rings. The van der Waals surface area contributed by atoms with E-state index in [0.717, 1.165) is 0 Å². The van der Waals surface area contributed by atoms with Crippen molar-refractivity contribution in [2.45, 2.75) is 12.5 Å². The number of aromatic amines is 1. The molecule has 0 bridgehead atoms. The van der Waals surface area contributed by atoms with Gasteiger partial charge in [-0.25, -0.2) is 4.98 Å². The monoisotopic (exact) mass is 302 g/mol. The molecule has 98 valence electrons. The average Bonchev–Trinajstić information content (AvgIpc) is 2.72. The van der Waals surface area contributed by atoms with Gasteiger partial charge in [0.15, 0.2) is 5.75 Å². The Morgan fingerprint density at radius 2 is 2.00 bits per heavy atom. The molecule has 0 amide bonds. The topological polar surface area (TPSA) is 37.9 Å². The highest BCUT2D eigenvalue weighted by atomic mass is 35.5. The van der Waals surface area contributed by atoms with Gasteiger partial charge in [-0.1, -0.05) is 23.2 Å². The van der Waals surface area contributed by atoms with Crippen LogP contribution in [0.25, 0.3) is 11.0 Å². The Kier molecular flexibility index (Phi) is 3.29. The van der Waals surface area contributed by atoms with Crippen LogP contribution in [0, 0.1) is 0 Å². The number of nitrogens with one attached hydrogen (secondary N) is 1. The number of imidazole rings is 1. The Balaban J connectivity index is 2.51. The van der Waals surface area contributed by atoms with Crippen molar-refractivity contribution in [1.29, 1.82) is 0 Å². The maximum absolute atomic E-state index is 12.8. The number of H-pyrrole nitrogens is 1. The van der Waals surface area contributed by atoms with Crippen LogP contribution in [0.3, 0.4) is 0 Å². The lowest BCUT2D eigenvalue weighted by molar-refractivity contribution is -0.253. The number of aromatic nitrogens is 2. The van der Waals surface area contributed by atoms with Gasteiger partial charge in [0.25, 0.3) is 0 Å². The summed E-state index contributed by atoms with van der Waals surface area (Å²) in [4.78, 5) is 6.38. The Hall–Kier alpha value is -1.21. The number of rotatable bonds is 3. The Morgan fingerprint density at radius 3 is 2.61 bits per heavy atom. The highest BCUT2D eigenvalue weighted by Crippen LogP contribution is 2.41. The minimum Gasteiger partial charge on any atom is -0.425 e. The van der Waals surface area contributed by atoms with Gasteiger partial charge >= 0.3 is 12.5 Å². The number of hydrogen-bond acceptors (Lipinski definition) is 2. The Bertz CT molecular complexity index is 587. The predicted octanol–water partition coefficient (Wildman–Crippen LogP) is 4.11. The zero-order valence-electron chi connectivity index (χ0n) is 8.36. The van der Waals surface area contributed by atoms with Gasteiger partial charge in [-0.05, 0) is 6.07 Å². The zero-order chi connectivity index (χ0) is 13.5. The molecule has 2 rings (SSSR count). The fourth-order valence-corrected chi connectivity index (χ4v) is 1.85. The summed E-state index contributed by atoms with van der Waals surface area (Å²) in [6, 6.07) is 1.20. The van der Waals surface area contributed by atoms with Crippen LogP contribution < -0.4 is 4.74 Å². The lowest BCUT2D eigenvalue weighted by Crippen LogP contribution is -2.33. The van der Waals surface area contributed by atoms with Crippen LogP contribution in [0.1, 0.15) is 0 Å². The second-order valence-corrected chi connectivity index (χ2v) is 4.05. The summed E-state index contributed by atoms with van der Waals surface area (Å²) in [6.45, 7) is 0. The first-order valence-electron chi connectivity index (χ1n) is 4.49. The van der Waals surface area contributed by atoms with Crippen molar-refractivity contribution in [3.8, 4) is 5.75 Å². The van der Waals surface area contributed by atoms with Crippen LogP contribution in [0.15, 0.2) is 12.4 Å². The van der Waals surface area contributed by atoms with Crippen molar-refractivity contribution in [1.82, 2.24) is 9.97 Å². The summed E-state index contributed by atoms with van der Waals surface area (Å²) in [5.74, 6) is -0.733. The third-order valence-electron chi connectivity index (χ3n) is 2.06. The first kappa shape index (κ1) is 13.2. The molecular formula is C9H4Cl2F4N2O. The molecule has 1 N–H and O–H groups in total. The van der Waals surface area contributed by atoms with E-state index in [4.69, 9.17) is 23.2 Å². The van der Waals surface area contributed by atoms with Crippen molar-refractivity contribution in [2.75, 3.05) is 0 Å². The predicted molar refractivity (Wildman–Crippen MR) is 57.7 cm³/mol. The molecular weight excluding hydrogens is 299 g/mol. The first-order valence-corrected chi connectivity index (χ1v) is 5.24. The van der Waals surface area contributed by atoms with E-state index in [1.807, 2.05) is 0 Å². The maximum Gasteiger partial charge on any atom is 0.461 e. The molecule has 1 heterocycles. The molecule has 0 atom stereocenters. The van der Waals surface area contributed by atoms with Crippen molar-refractivity contribution < 1.29 is 22.3 Å². The molecule has 0 spiro atoms. The molecule has 2 aromatic rings. The second kappa shape index (κ2) is 4.47. The molecule has 3 nitrogen and oxygen atoms in total. The van der Waals surface area contributed by atoms with E-state index in [-0.39, 0.29) is 15.6 Å². The molecule has 0 aliphatic heterocycles. The van der Waals surface area contributed by atoms with E-state index >= 15 is 0 Å². The molecule has 9 heteroatoms. The van der Waals surface area contributed by atoms with Gasteiger partial charge < -0.3 is 9.72 Å². The fourth-order valence-electron chi connectivity index (χ4n) is 1.27. The van der Waals surface area contributed by atoms with E-state index in [9.17, 15) is 17.6 Å². The van der Waals surface area contributed by atoms with Crippen molar-refractivity contribution in [2.24, 2.45) is 0 Å². The van der Waals surface area contributed by atoms with Crippen molar-refractivity contribution in [3.63, 3.8) is 0 Å². The van der Waals surface area contributed by atoms with E-state index in [0.29, 0.717) is 5.52 Å². The quantitative estimate of drug-likeness (QED) is 0.867. The lowest BCUT2D eigenvalue weighted by atomic mass is 10.3. The van der Waals surface area contributed by atoms with E-state index in [1.165, 1.54) is 12.4 Å². The highest BCUT2D eigenvalue weighted by Gasteiger charge is 2.45. The van der Waals surface area contributed by atoms with E-state index in [2.05, 4.69) is 14.7 Å². The van der Waals surface area contributed by atoms with Gasteiger partial charge in [0, 0.05) is 0 Å². The summed E-state index contributed by atoms with van der Waals surface area (Å²) in [5, 5.41) is -0.684. The first-order chi connectivity index (χ1) is 8.33. The SMILES string of the molecule is FC(F)C(F)(F)Oc1c(Cl)cc2[nH]cnc2c1Cl. The molecule has 0 aliphatic carbocycles. The summed E-state index contributed by atoms with van der Waals surface area (Å²) in [7, 11) is 0. The van der Waals surface area contributed by atoms with Crippen LogP contribution in [0.5, 0.6) is 5.75 Å². The van der Waals surface area contributed by atoms with Crippen LogP contribution in [-0.2, 0) is 0 Å². The molecule has 0 aliphatic rings. The maximum atomic E-state index is 12.8. The third-order valence-corrected chi connectivity index (χ3v) is 2.69. The summed E-state index contributed by atoms with van der Waals surface area (Å²) < 4.78 is 53.6. The zero-order valence-corrected chi connectivity index (χ0v) is 9.87. The average molecular weight is 303 g/mol. The van der Waals surface area contributed by atoms with Crippen LogP contribution in [0.2, 0.25) is 10.0 Å². The number of halogens is 6. The van der Waals surface area contributed by atoms with Crippen LogP contribution in [0.4, 0.5) is 17.6 Å². The molecule has 18 heavy (non-hydrogen) atoms. The van der Waals surface area contributed by atoms with E-state index in [1.54, 1.807) is 0 Å². The van der Waals surface area contributed by atoms with Gasteiger partial charge in [0.2, 0.25) is 0 Å². The fraction of sp³-hybridized carbons (Fsp3) is 0.222. The highest BCUT2D eigenvalue weighted by molar-refractivity contribution is 6.40. The van der Waals surface area contributed by atoms with Gasteiger partial charge in [-0.3, -0.25) is 0 Å². The normalized spacial score (nSPS) is 12.4. The molecule has 1 aromatic heterocycles. The summed E-state index contributed by atoms with van der Waals surface area (Å²) in [5.41, 5.74) is 0.471. The standard InChI is InChI=1S/C9H4Cl2F4N2O/c10-3-1-4-6(17-2-16-4)5(11)7(3)18-9(14,15)8(12)13/h1-2,8H,(H,16,17). The lowest BCUT2D eigenvalue weighted by Gasteiger charge is -2.18. The number of fused-ring (bicyclic) bond motifs is 1. The number of alkyl halides is 4. The largest absolute Gasteiger partial charge is 0.461 e. The number of benzene rings is 1. The van der Waals surface area contributed by atoms with Gasteiger partial charge in [-0.15, -0.1) is 0 Å². The Morgan fingerprint density at radius 1 is 1.33 bits per heavy atom. The van der Waals surface area contributed by atoms with Gasteiger partial charge in [-0.2, -0.15) is 17.6 Å². The van der Waals surface area contributed by atoms with Gasteiger partial charge in [0.05, 0.1) is 16.9 Å². The molecule has 1 aromatic carbocycles. The molecule has 0 saturated carbocycles. The molecule has 0 saturated heterocycles. The van der Waals surface area contributed by atoms with Crippen molar-refractivity contribution in [3.05, 3.63) is 22.4 Å².